The van der Waals surface area contributed by atoms with Gasteiger partial charge >= 0.3 is 5.69 Å². The van der Waals surface area contributed by atoms with E-state index < -0.39 is 11.9 Å². The van der Waals surface area contributed by atoms with E-state index in [4.69, 9.17) is 5.73 Å². The predicted octanol–water partition coefficient (Wildman–Crippen LogP) is 1.90. The van der Waals surface area contributed by atoms with Crippen LogP contribution >= 0.6 is 0 Å². The third-order valence-electron chi connectivity index (χ3n) is 8.03. The SMILES string of the molecule is Cn1c(=O)n(C2CCC(=O)NC2=O)c2cccc(C#CC3CCN(CC4CCC(N)CC4)CC3)c21. The number of nitrogens with zero attached hydrogens (tertiary/aromatic N) is 3. The van der Waals surface area contributed by atoms with Gasteiger partial charge in [-0.2, -0.15) is 0 Å². The lowest BCUT2D eigenvalue weighted by molar-refractivity contribution is -0.135. The number of amides is 2. The number of nitrogens with two attached hydrogens (primary N) is 1. The first-order valence-electron chi connectivity index (χ1n) is 12.9. The summed E-state index contributed by atoms with van der Waals surface area (Å²) in [5.74, 6) is 7.23. The maximum absolute atomic E-state index is 13.1. The van der Waals surface area contributed by atoms with Crippen molar-refractivity contribution in [3.8, 4) is 11.8 Å². The largest absolute Gasteiger partial charge is 0.329 e. The minimum Gasteiger partial charge on any atom is -0.328 e. The van der Waals surface area contributed by atoms with Crippen molar-refractivity contribution >= 4 is 22.8 Å². The van der Waals surface area contributed by atoms with Crippen LogP contribution in [0.15, 0.2) is 23.0 Å². The summed E-state index contributed by atoms with van der Waals surface area (Å²) in [6, 6.07) is 5.38. The number of carbonyl (C=O) groups excluding carboxylic acids is 2. The van der Waals surface area contributed by atoms with Crippen LogP contribution in [0.5, 0.6) is 0 Å². The third-order valence-corrected chi connectivity index (χ3v) is 8.03. The molecule has 2 amide bonds. The number of fused-ring (bicyclic) bond motifs is 1. The Bertz CT molecular complexity index is 1230. The molecule has 3 heterocycles. The van der Waals surface area contributed by atoms with Gasteiger partial charge in [-0.05, 0) is 76.1 Å². The number of nitrogens with one attached hydrogen (secondary N) is 1. The first-order chi connectivity index (χ1) is 16.9. The van der Waals surface area contributed by atoms with Gasteiger partial charge in [-0.1, -0.05) is 17.9 Å². The number of benzene rings is 1. The lowest BCUT2D eigenvalue weighted by Crippen LogP contribution is -2.44. The van der Waals surface area contributed by atoms with Gasteiger partial charge in [0.25, 0.3) is 0 Å². The van der Waals surface area contributed by atoms with Gasteiger partial charge in [-0.15, -0.1) is 0 Å². The molecule has 1 aromatic heterocycles. The topological polar surface area (TPSA) is 102 Å². The number of carbonyl (C=O) groups is 2. The van der Waals surface area contributed by atoms with E-state index in [0.29, 0.717) is 23.9 Å². The quantitative estimate of drug-likeness (QED) is 0.519. The van der Waals surface area contributed by atoms with Crippen LogP contribution in [0.4, 0.5) is 0 Å². The Balaban J connectivity index is 1.30. The van der Waals surface area contributed by atoms with Crippen molar-refractivity contribution in [2.24, 2.45) is 24.6 Å². The summed E-state index contributed by atoms with van der Waals surface area (Å²) in [5, 5.41) is 2.36. The molecule has 0 bridgehead atoms. The number of rotatable bonds is 3. The zero-order valence-electron chi connectivity index (χ0n) is 20.5. The molecule has 0 radical (unpaired) electrons. The van der Waals surface area contributed by atoms with Crippen LogP contribution in [0, 0.1) is 23.7 Å². The van der Waals surface area contributed by atoms with Crippen LogP contribution in [0.1, 0.15) is 63.0 Å². The normalized spacial score (nSPS) is 26.4. The Morgan fingerprint density at radius 2 is 1.77 bits per heavy atom. The smallest absolute Gasteiger partial charge is 0.328 e. The molecular formula is C27H35N5O3. The Morgan fingerprint density at radius 1 is 1.03 bits per heavy atom. The molecule has 2 aliphatic heterocycles. The van der Waals surface area contributed by atoms with Crippen molar-refractivity contribution in [3.05, 3.63) is 34.2 Å². The van der Waals surface area contributed by atoms with Crippen LogP contribution < -0.4 is 16.7 Å². The average Bonchev–Trinajstić information content (AvgIpc) is 3.11. The van der Waals surface area contributed by atoms with Crippen molar-refractivity contribution in [3.63, 3.8) is 0 Å². The number of imide groups is 1. The summed E-state index contributed by atoms with van der Waals surface area (Å²) in [4.78, 5) is 39.7. The zero-order chi connectivity index (χ0) is 24.5. The molecular weight excluding hydrogens is 442 g/mol. The zero-order valence-corrected chi connectivity index (χ0v) is 20.5. The van der Waals surface area contributed by atoms with Crippen LogP contribution in [-0.4, -0.2) is 51.5 Å². The summed E-state index contributed by atoms with van der Waals surface area (Å²) in [7, 11) is 1.72. The molecule has 8 heteroatoms. The Kier molecular flexibility index (Phi) is 6.81. The lowest BCUT2D eigenvalue weighted by atomic mass is 9.85. The molecule has 5 rings (SSSR count). The van der Waals surface area contributed by atoms with E-state index in [9.17, 15) is 14.4 Å². The van der Waals surface area contributed by atoms with E-state index >= 15 is 0 Å². The average molecular weight is 478 g/mol. The summed E-state index contributed by atoms with van der Waals surface area (Å²) in [6.07, 6.45) is 7.50. The van der Waals surface area contributed by atoms with E-state index in [1.165, 1.54) is 24.0 Å². The number of likely N-dealkylation sites (tertiary alicyclic amines) is 1. The first kappa shape index (κ1) is 23.8. The molecule has 186 valence electrons. The van der Waals surface area contributed by atoms with Crippen LogP contribution in [0.25, 0.3) is 11.0 Å². The fraction of sp³-hybridized carbons (Fsp3) is 0.593. The molecule has 3 aliphatic rings. The number of imidazole rings is 1. The number of piperidine rings is 2. The first-order valence-corrected chi connectivity index (χ1v) is 12.9. The van der Waals surface area contributed by atoms with Crippen LogP contribution in [0.2, 0.25) is 0 Å². The molecule has 0 spiro atoms. The number of aromatic nitrogens is 2. The molecule has 2 aromatic rings. The van der Waals surface area contributed by atoms with E-state index in [2.05, 4.69) is 22.1 Å². The summed E-state index contributed by atoms with van der Waals surface area (Å²) >= 11 is 0. The van der Waals surface area contributed by atoms with E-state index in [1.807, 2.05) is 18.2 Å². The van der Waals surface area contributed by atoms with Crippen molar-refractivity contribution in [2.75, 3.05) is 19.6 Å². The highest BCUT2D eigenvalue weighted by Crippen LogP contribution is 2.27. The van der Waals surface area contributed by atoms with Gasteiger partial charge < -0.3 is 10.6 Å². The molecule has 1 aromatic carbocycles. The lowest BCUT2D eigenvalue weighted by Gasteiger charge is -2.35. The highest BCUT2D eigenvalue weighted by molar-refractivity contribution is 6.00. The fourth-order valence-corrected chi connectivity index (χ4v) is 5.94. The molecule has 35 heavy (non-hydrogen) atoms. The van der Waals surface area contributed by atoms with Crippen LogP contribution in [-0.2, 0) is 16.6 Å². The highest BCUT2D eigenvalue weighted by atomic mass is 16.2. The minimum atomic E-state index is -0.684. The van der Waals surface area contributed by atoms with Gasteiger partial charge in [0.2, 0.25) is 11.8 Å². The number of para-hydroxylation sites is 1. The Morgan fingerprint density at radius 3 is 2.49 bits per heavy atom. The molecule has 1 saturated carbocycles. The van der Waals surface area contributed by atoms with Gasteiger partial charge in [0.05, 0.1) is 16.6 Å². The second kappa shape index (κ2) is 10.00. The number of aryl methyl sites for hydroxylation is 1. The van der Waals surface area contributed by atoms with Gasteiger partial charge in [-0.3, -0.25) is 24.0 Å². The van der Waals surface area contributed by atoms with E-state index in [-0.39, 0.29) is 18.0 Å². The second-order valence-electron chi connectivity index (χ2n) is 10.5. The van der Waals surface area contributed by atoms with Gasteiger partial charge in [0, 0.05) is 32.0 Å². The van der Waals surface area contributed by atoms with Gasteiger partial charge in [0.1, 0.15) is 6.04 Å². The molecule has 3 fully saturated rings. The Labute approximate surface area is 205 Å². The molecule has 8 nitrogen and oxygen atoms in total. The number of hydrogen-bond acceptors (Lipinski definition) is 5. The van der Waals surface area contributed by atoms with Gasteiger partial charge in [0.15, 0.2) is 0 Å². The van der Waals surface area contributed by atoms with Crippen LogP contribution in [0.3, 0.4) is 0 Å². The van der Waals surface area contributed by atoms with E-state index in [1.54, 1.807) is 11.6 Å². The molecule has 2 saturated heterocycles. The monoisotopic (exact) mass is 477 g/mol. The maximum Gasteiger partial charge on any atom is 0.329 e. The third kappa shape index (κ3) is 4.93. The Hall–Kier alpha value is -2.89. The summed E-state index contributed by atoms with van der Waals surface area (Å²) < 4.78 is 3.08. The molecule has 1 atom stereocenters. The van der Waals surface area contributed by atoms with Crippen molar-refractivity contribution in [2.45, 2.75) is 63.5 Å². The molecule has 1 aliphatic carbocycles. The van der Waals surface area contributed by atoms with E-state index in [0.717, 1.165) is 55.8 Å². The number of hydrogen-bond donors (Lipinski definition) is 2. The summed E-state index contributed by atoms with van der Waals surface area (Å²) in [5.41, 5.74) is 8.01. The highest BCUT2D eigenvalue weighted by Gasteiger charge is 2.31. The minimum absolute atomic E-state index is 0.228. The maximum atomic E-state index is 13.1. The summed E-state index contributed by atoms with van der Waals surface area (Å²) in [6.45, 7) is 3.34. The molecule has 3 N–H and O–H groups in total. The predicted molar refractivity (Wildman–Crippen MR) is 135 cm³/mol. The van der Waals surface area contributed by atoms with Crippen molar-refractivity contribution < 1.29 is 9.59 Å². The second-order valence-corrected chi connectivity index (χ2v) is 10.5. The van der Waals surface area contributed by atoms with Gasteiger partial charge in [-0.25, -0.2) is 4.79 Å². The fourth-order valence-electron chi connectivity index (χ4n) is 5.94. The van der Waals surface area contributed by atoms with Crippen molar-refractivity contribution in [1.29, 1.82) is 0 Å². The van der Waals surface area contributed by atoms with Crippen molar-refractivity contribution in [1.82, 2.24) is 19.4 Å². The molecule has 1 unspecified atom stereocenters. The standard InChI is InChI=1S/C27H35N5O3/c1-30-25-20(3-2-4-22(25)32(27(30)35)23-11-12-24(33)29-26(23)34)8-5-18-13-15-31(16-14-18)17-19-6-9-21(28)10-7-19/h2-4,18-19,21,23H,6-7,9-17,28H2,1H3,(H,29,33,34).